The molecule has 0 radical (unpaired) electrons. The maximum absolute atomic E-state index is 14.4. The number of anilines is 2. The van der Waals surface area contributed by atoms with Gasteiger partial charge in [-0.2, -0.15) is 4.39 Å². The van der Waals surface area contributed by atoms with Crippen LogP contribution in [-0.2, 0) is 0 Å². The van der Waals surface area contributed by atoms with Gasteiger partial charge in [0, 0.05) is 15.8 Å². The first-order chi connectivity index (χ1) is 13.9. The van der Waals surface area contributed by atoms with E-state index in [9.17, 15) is 18.7 Å². The summed E-state index contributed by atoms with van der Waals surface area (Å²) in [5.74, 6) is -1.88. The van der Waals surface area contributed by atoms with Gasteiger partial charge in [0.05, 0.1) is 24.3 Å². The highest BCUT2D eigenvalue weighted by Gasteiger charge is 2.49. The molecule has 3 heterocycles. The molecule has 1 aromatic heterocycles. The molecule has 1 amide bonds. The van der Waals surface area contributed by atoms with Crippen LogP contribution in [0.3, 0.4) is 0 Å². The number of halogens is 3. The lowest BCUT2D eigenvalue weighted by molar-refractivity contribution is -0.108. The van der Waals surface area contributed by atoms with Gasteiger partial charge in [0.2, 0.25) is 5.95 Å². The monoisotopic (exact) mass is 514 g/mol. The minimum Gasteiger partial charge on any atom is -0.385 e. The SMILES string of the molecule is O=C(c1ccnc(F)c1Nc1ccc(I)cc1F)N1CC(O)(C2CCCCN2)C1. The topological polar surface area (TPSA) is 77.5 Å². The number of nitrogens with zero attached hydrogens (tertiary/aromatic N) is 2. The molecule has 2 aliphatic rings. The number of pyridine rings is 1. The molecule has 0 aliphatic carbocycles. The second kappa shape index (κ2) is 8.11. The van der Waals surface area contributed by atoms with Gasteiger partial charge in [-0.25, -0.2) is 9.37 Å². The van der Waals surface area contributed by atoms with E-state index in [4.69, 9.17) is 0 Å². The molecule has 29 heavy (non-hydrogen) atoms. The van der Waals surface area contributed by atoms with E-state index >= 15 is 0 Å². The summed E-state index contributed by atoms with van der Waals surface area (Å²) >= 11 is 1.98. The van der Waals surface area contributed by atoms with Gasteiger partial charge in [-0.15, -0.1) is 0 Å². The molecular weight excluding hydrogens is 493 g/mol. The molecule has 1 aromatic carbocycles. The number of aromatic nitrogens is 1. The number of benzene rings is 1. The first-order valence-electron chi connectivity index (χ1n) is 9.49. The van der Waals surface area contributed by atoms with Crippen LogP contribution in [0.25, 0.3) is 0 Å². The molecule has 6 nitrogen and oxygen atoms in total. The van der Waals surface area contributed by atoms with Gasteiger partial charge in [0.15, 0.2) is 0 Å². The van der Waals surface area contributed by atoms with E-state index in [0.29, 0.717) is 3.57 Å². The van der Waals surface area contributed by atoms with Crippen molar-refractivity contribution in [1.82, 2.24) is 15.2 Å². The fraction of sp³-hybridized carbons (Fsp3) is 0.400. The van der Waals surface area contributed by atoms with E-state index in [1.807, 2.05) is 22.6 Å². The molecule has 4 rings (SSSR count). The van der Waals surface area contributed by atoms with Crippen molar-refractivity contribution in [2.75, 3.05) is 25.0 Å². The van der Waals surface area contributed by atoms with Gasteiger partial charge in [-0.3, -0.25) is 4.79 Å². The molecule has 0 saturated carbocycles. The van der Waals surface area contributed by atoms with Crippen molar-refractivity contribution in [1.29, 1.82) is 0 Å². The van der Waals surface area contributed by atoms with E-state index < -0.39 is 23.3 Å². The van der Waals surface area contributed by atoms with Crippen LogP contribution in [0, 0.1) is 15.3 Å². The van der Waals surface area contributed by atoms with Crippen LogP contribution in [-0.4, -0.2) is 52.2 Å². The number of aliphatic hydroxyl groups is 1. The summed E-state index contributed by atoms with van der Waals surface area (Å²) in [6.07, 6.45) is 4.18. The number of piperidine rings is 1. The Morgan fingerprint density at radius 2 is 2.10 bits per heavy atom. The number of hydrogen-bond acceptors (Lipinski definition) is 5. The van der Waals surface area contributed by atoms with Gasteiger partial charge < -0.3 is 20.6 Å². The van der Waals surface area contributed by atoms with E-state index in [1.54, 1.807) is 6.07 Å². The van der Waals surface area contributed by atoms with Crippen LogP contribution in [0.4, 0.5) is 20.2 Å². The van der Waals surface area contributed by atoms with E-state index in [0.717, 1.165) is 25.8 Å². The van der Waals surface area contributed by atoms with Crippen molar-refractivity contribution in [3.05, 3.63) is 51.4 Å². The second-order valence-corrected chi connectivity index (χ2v) is 8.79. The molecule has 3 N–H and O–H groups in total. The minimum absolute atomic E-state index is 0.0482. The predicted octanol–water partition coefficient (Wildman–Crippen LogP) is 3.04. The lowest BCUT2D eigenvalue weighted by atomic mass is 9.81. The molecule has 1 atom stereocenters. The molecular formula is C20H21F2IN4O2. The molecule has 1 unspecified atom stereocenters. The van der Waals surface area contributed by atoms with Crippen molar-refractivity contribution in [3.63, 3.8) is 0 Å². The molecule has 2 aliphatic heterocycles. The van der Waals surface area contributed by atoms with Gasteiger partial charge in [-0.1, -0.05) is 6.42 Å². The predicted molar refractivity (Wildman–Crippen MR) is 113 cm³/mol. The number of hydrogen-bond donors (Lipinski definition) is 3. The summed E-state index contributed by atoms with van der Waals surface area (Å²) in [5, 5.41) is 16.8. The Morgan fingerprint density at radius 1 is 1.31 bits per heavy atom. The zero-order chi connectivity index (χ0) is 20.6. The molecule has 2 saturated heterocycles. The van der Waals surface area contributed by atoms with Crippen LogP contribution in [0.5, 0.6) is 0 Å². The summed E-state index contributed by atoms with van der Waals surface area (Å²) < 4.78 is 29.3. The Labute approximate surface area is 180 Å². The van der Waals surface area contributed by atoms with E-state index in [1.165, 1.54) is 29.3 Å². The highest BCUT2D eigenvalue weighted by Crippen LogP contribution is 2.33. The van der Waals surface area contributed by atoms with Crippen LogP contribution in [0.1, 0.15) is 29.6 Å². The van der Waals surface area contributed by atoms with Crippen LogP contribution >= 0.6 is 22.6 Å². The average molecular weight is 514 g/mol. The standard InChI is InChI=1S/C20H21F2IN4O2/c21-14-9-12(23)4-5-15(14)26-17-13(6-8-25-18(17)22)19(28)27-10-20(29,11-27)16-3-1-2-7-24-16/h4-6,8-9,16,24,26,29H,1-3,7,10-11H2. The first-order valence-corrected chi connectivity index (χ1v) is 10.6. The number of amides is 1. The van der Waals surface area contributed by atoms with E-state index in [-0.39, 0.29) is 36.1 Å². The number of likely N-dealkylation sites (tertiary alicyclic amines) is 1. The fourth-order valence-corrected chi connectivity index (χ4v) is 4.37. The maximum atomic E-state index is 14.4. The molecule has 0 spiro atoms. The van der Waals surface area contributed by atoms with Crippen molar-refractivity contribution < 1.29 is 18.7 Å². The normalized spacial score (nSPS) is 20.8. The van der Waals surface area contributed by atoms with Crippen molar-refractivity contribution in [2.45, 2.75) is 30.9 Å². The molecule has 9 heteroatoms. The smallest absolute Gasteiger partial charge is 0.256 e. The Hall–Kier alpha value is -1.85. The van der Waals surface area contributed by atoms with Gasteiger partial charge in [-0.05, 0) is 66.2 Å². The minimum atomic E-state index is -0.975. The summed E-state index contributed by atoms with van der Waals surface area (Å²) in [7, 11) is 0. The Bertz CT molecular complexity index is 931. The van der Waals surface area contributed by atoms with Gasteiger partial charge in [0.1, 0.15) is 17.1 Å². The maximum Gasteiger partial charge on any atom is 0.256 e. The number of β-amino-alcohol motifs (C(OH)–C–C–N with tert-alkyl or cyclic N) is 1. The summed E-state index contributed by atoms with van der Waals surface area (Å²) in [4.78, 5) is 18.0. The summed E-state index contributed by atoms with van der Waals surface area (Å²) in [6, 6.07) is 5.82. The summed E-state index contributed by atoms with van der Waals surface area (Å²) in [5.41, 5.74) is -1.05. The van der Waals surface area contributed by atoms with Crippen molar-refractivity contribution >= 4 is 39.9 Å². The molecule has 0 bridgehead atoms. The number of nitrogens with one attached hydrogen (secondary N) is 2. The third-order valence-corrected chi connectivity index (χ3v) is 6.17. The Kier molecular flexibility index (Phi) is 5.71. The third kappa shape index (κ3) is 4.08. The first kappa shape index (κ1) is 20.4. The Balaban J connectivity index is 1.53. The average Bonchev–Trinajstić information content (AvgIpc) is 2.69. The number of rotatable bonds is 4. The Morgan fingerprint density at radius 3 is 2.79 bits per heavy atom. The fourth-order valence-electron chi connectivity index (χ4n) is 3.92. The van der Waals surface area contributed by atoms with Crippen molar-refractivity contribution in [3.8, 4) is 0 Å². The highest BCUT2D eigenvalue weighted by atomic mass is 127. The van der Waals surface area contributed by atoms with Crippen LogP contribution < -0.4 is 10.6 Å². The van der Waals surface area contributed by atoms with Crippen molar-refractivity contribution in [2.24, 2.45) is 0 Å². The molecule has 2 aromatic rings. The second-order valence-electron chi connectivity index (χ2n) is 7.54. The largest absolute Gasteiger partial charge is 0.385 e. The zero-order valence-corrected chi connectivity index (χ0v) is 17.7. The highest BCUT2D eigenvalue weighted by molar-refractivity contribution is 14.1. The molecule has 2 fully saturated rings. The van der Waals surface area contributed by atoms with Crippen LogP contribution in [0.2, 0.25) is 0 Å². The van der Waals surface area contributed by atoms with Gasteiger partial charge >= 0.3 is 0 Å². The zero-order valence-electron chi connectivity index (χ0n) is 15.6. The number of carbonyl (C=O) groups is 1. The van der Waals surface area contributed by atoms with Crippen LogP contribution in [0.15, 0.2) is 30.5 Å². The van der Waals surface area contributed by atoms with E-state index in [2.05, 4.69) is 15.6 Å². The van der Waals surface area contributed by atoms with Gasteiger partial charge in [0.25, 0.3) is 5.91 Å². The lowest BCUT2D eigenvalue weighted by Crippen LogP contribution is -2.72. The summed E-state index contributed by atoms with van der Waals surface area (Å²) in [6.45, 7) is 1.20. The quantitative estimate of drug-likeness (QED) is 0.432. The third-order valence-electron chi connectivity index (χ3n) is 5.50. The number of carbonyl (C=O) groups excluding carboxylic acids is 1. The lowest BCUT2D eigenvalue weighted by Gasteiger charge is -2.51. The molecule has 154 valence electrons.